The number of aryl methyl sites for hydroxylation is 2. The first kappa shape index (κ1) is 41.8. The van der Waals surface area contributed by atoms with Crippen LogP contribution in [0, 0.1) is 19.9 Å². The first-order chi connectivity index (χ1) is 26.2. The van der Waals surface area contributed by atoms with Gasteiger partial charge >= 0.3 is 0 Å². The van der Waals surface area contributed by atoms with E-state index in [1.165, 1.54) is 0 Å². The molecule has 57 heavy (non-hydrogen) atoms. The third-order valence-electron chi connectivity index (χ3n) is 10.7. The molecule has 0 fully saturated rings. The van der Waals surface area contributed by atoms with Crippen LogP contribution in [0.1, 0.15) is 116 Å². The van der Waals surface area contributed by atoms with Crippen molar-refractivity contribution in [1.82, 2.24) is 19.4 Å². The minimum atomic E-state index is -0.335. The van der Waals surface area contributed by atoms with Gasteiger partial charge in [0.05, 0.1) is 10.9 Å². The van der Waals surface area contributed by atoms with Crippen LogP contribution in [0.3, 0.4) is 0 Å². The van der Waals surface area contributed by atoms with Crippen molar-refractivity contribution in [3.05, 3.63) is 125 Å². The maximum Gasteiger partial charge on any atom is 0.245 e. The average molecular weight is 939 g/mol. The summed E-state index contributed by atoms with van der Waals surface area (Å²) in [6.45, 7) is 28.2. The Morgan fingerprint density at radius 3 is 1.96 bits per heavy atom. The standard InChI is InChI=1S/C50H55N4O2.Pt/c1-29(2)45-52-42-37(49(8,9)10)28-38(50(11,12)13)44(55)41(42)46-53-47(43(54(45)46)40-30(3)18-17-19-31(40)4)56-36-25-34(24-35(27-36)48(5,6)7)39-26-33(22-23-51-39)32-20-15-14-16-21-32;/h14-24,26-29,55H,1-13H3;/q-1;. The second-order valence-electron chi connectivity index (χ2n) is 18.7. The second kappa shape index (κ2) is 15.2. The Morgan fingerprint density at radius 1 is 0.719 bits per heavy atom. The van der Waals surface area contributed by atoms with Crippen molar-refractivity contribution in [3.8, 4) is 51.0 Å². The number of ether oxygens (including phenoxy) is 1. The van der Waals surface area contributed by atoms with Crippen molar-refractivity contribution in [1.29, 1.82) is 0 Å². The molecule has 298 valence electrons. The molecule has 0 unspecified atom stereocenters. The molecule has 7 heteroatoms. The summed E-state index contributed by atoms with van der Waals surface area (Å²) < 4.78 is 9.20. The van der Waals surface area contributed by atoms with Crippen LogP contribution in [-0.2, 0) is 37.3 Å². The zero-order chi connectivity index (χ0) is 40.5. The van der Waals surface area contributed by atoms with Crippen molar-refractivity contribution < 1.29 is 30.9 Å². The van der Waals surface area contributed by atoms with E-state index in [1.54, 1.807) is 0 Å². The number of hydrogen-bond acceptors (Lipinski definition) is 5. The summed E-state index contributed by atoms with van der Waals surface area (Å²) in [4.78, 5) is 15.7. The minimum absolute atomic E-state index is 0. The van der Waals surface area contributed by atoms with E-state index in [-0.39, 0.29) is 49.0 Å². The van der Waals surface area contributed by atoms with E-state index >= 15 is 0 Å². The fraction of sp³-hybridized carbons (Fsp3) is 0.340. The summed E-state index contributed by atoms with van der Waals surface area (Å²) in [5, 5.41) is 12.9. The number of pyridine rings is 1. The number of fused-ring (bicyclic) bond motifs is 3. The number of aromatic nitrogens is 4. The number of phenols is 1. The molecule has 7 rings (SSSR count). The van der Waals surface area contributed by atoms with Crippen LogP contribution in [0.5, 0.6) is 17.4 Å². The molecule has 0 spiro atoms. The van der Waals surface area contributed by atoms with Gasteiger partial charge in [0.1, 0.15) is 17.3 Å². The molecule has 0 aliphatic carbocycles. The molecule has 4 aromatic carbocycles. The van der Waals surface area contributed by atoms with Crippen LogP contribution in [0.2, 0.25) is 0 Å². The minimum Gasteiger partial charge on any atom is -0.507 e. The van der Waals surface area contributed by atoms with Gasteiger partial charge in [0.2, 0.25) is 5.88 Å². The van der Waals surface area contributed by atoms with Gasteiger partial charge in [0.25, 0.3) is 0 Å². The van der Waals surface area contributed by atoms with Gasteiger partial charge in [-0.25, -0.2) is 4.98 Å². The Labute approximate surface area is 353 Å². The quantitative estimate of drug-likeness (QED) is 0.168. The molecule has 0 aliphatic rings. The van der Waals surface area contributed by atoms with Crippen LogP contribution >= 0.6 is 0 Å². The van der Waals surface area contributed by atoms with Gasteiger partial charge in [-0.3, -0.25) is 4.40 Å². The molecule has 0 aliphatic heterocycles. The topological polar surface area (TPSA) is 72.5 Å². The smallest absolute Gasteiger partial charge is 0.245 e. The number of imidazole rings is 1. The molecule has 0 saturated heterocycles. The Balaban J connectivity index is 0.00000549. The zero-order valence-electron chi connectivity index (χ0n) is 35.6. The van der Waals surface area contributed by atoms with E-state index in [2.05, 4.69) is 155 Å². The van der Waals surface area contributed by atoms with Crippen LogP contribution < -0.4 is 4.74 Å². The van der Waals surface area contributed by atoms with Crippen LogP contribution in [0.4, 0.5) is 0 Å². The van der Waals surface area contributed by atoms with Gasteiger partial charge in [-0.1, -0.05) is 143 Å². The largest absolute Gasteiger partial charge is 0.507 e. The Bertz CT molecular complexity index is 2600. The second-order valence-corrected chi connectivity index (χ2v) is 18.7. The van der Waals surface area contributed by atoms with E-state index in [0.29, 0.717) is 22.7 Å². The van der Waals surface area contributed by atoms with Crippen molar-refractivity contribution in [2.75, 3.05) is 0 Å². The Hall–Kier alpha value is -4.80. The zero-order valence-corrected chi connectivity index (χ0v) is 37.9. The van der Waals surface area contributed by atoms with E-state index in [4.69, 9.17) is 19.7 Å². The van der Waals surface area contributed by atoms with Crippen molar-refractivity contribution in [2.24, 2.45) is 0 Å². The predicted molar refractivity (Wildman–Crippen MR) is 231 cm³/mol. The molecule has 0 amide bonds. The maximum absolute atomic E-state index is 12.3. The Kier molecular flexibility index (Phi) is 11.1. The maximum atomic E-state index is 12.3. The molecule has 1 N–H and O–H groups in total. The van der Waals surface area contributed by atoms with Gasteiger partial charge in [-0.15, -0.1) is 17.2 Å². The summed E-state index contributed by atoms with van der Waals surface area (Å²) in [5.74, 6) is 2.03. The number of phenolic OH excluding ortho intramolecular Hbond substituents is 1. The van der Waals surface area contributed by atoms with E-state index in [0.717, 1.165) is 72.8 Å². The molecule has 0 bridgehead atoms. The van der Waals surface area contributed by atoms with Gasteiger partial charge in [-0.05, 0) is 75.7 Å². The summed E-state index contributed by atoms with van der Waals surface area (Å²) >= 11 is 0. The fourth-order valence-electron chi connectivity index (χ4n) is 7.62. The number of nitrogens with zero attached hydrogens (tertiary/aromatic N) is 4. The van der Waals surface area contributed by atoms with Gasteiger partial charge < -0.3 is 14.8 Å². The van der Waals surface area contributed by atoms with E-state index in [1.807, 2.05) is 30.5 Å². The fourth-order valence-corrected chi connectivity index (χ4v) is 7.62. The molecule has 0 atom stereocenters. The molecular weight excluding hydrogens is 884 g/mol. The molecular formula is C50H55N4O2Pt-. The SMILES string of the molecule is Cc1cccc(C)c1-c1c(Oc2[c-]c(-c3cc(-c4ccccc4)ccn3)cc(C(C)(C)C)c2)nc2c3c(O)c(C(C)(C)C)cc(C(C)(C)C)c3nc(C(C)C)n12.[Pt]. The first-order valence-corrected chi connectivity index (χ1v) is 19.7. The van der Waals surface area contributed by atoms with Crippen molar-refractivity contribution in [2.45, 2.75) is 112 Å². The van der Waals surface area contributed by atoms with Crippen LogP contribution in [0.15, 0.2) is 85.1 Å². The third-order valence-corrected chi connectivity index (χ3v) is 10.7. The van der Waals surface area contributed by atoms with E-state index < -0.39 is 0 Å². The van der Waals surface area contributed by atoms with Gasteiger partial charge in [-0.2, -0.15) is 4.98 Å². The predicted octanol–water partition coefficient (Wildman–Crippen LogP) is 13.2. The normalized spacial score (nSPS) is 12.4. The summed E-state index contributed by atoms with van der Waals surface area (Å²) in [6, 6.07) is 30.8. The van der Waals surface area contributed by atoms with E-state index in [9.17, 15) is 5.11 Å². The summed E-state index contributed by atoms with van der Waals surface area (Å²) in [6.07, 6.45) is 1.85. The summed E-state index contributed by atoms with van der Waals surface area (Å²) in [7, 11) is 0. The van der Waals surface area contributed by atoms with Crippen LogP contribution in [-0.4, -0.2) is 24.5 Å². The molecule has 3 aromatic heterocycles. The molecule has 3 heterocycles. The molecule has 7 aromatic rings. The molecule has 0 saturated carbocycles. The van der Waals surface area contributed by atoms with Crippen molar-refractivity contribution in [3.63, 3.8) is 0 Å². The average Bonchev–Trinajstić information content (AvgIpc) is 3.48. The summed E-state index contributed by atoms with van der Waals surface area (Å²) in [5.41, 5.74) is 11.4. The van der Waals surface area contributed by atoms with Crippen LogP contribution in [0.25, 0.3) is 50.2 Å². The number of benzene rings is 4. The molecule has 0 radical (unpaired) electrons. The monoisotopic (exact) mass is 938 g/mol. The Morgan fingerprint density at radius 2 is 1.37 bits per heavy atom. The van der Waals surface area contributed by atoms with Crippen molar-refractivity contribution >= 4 is 16.6 Å². The first-order valence-electron chi connectivity index (χ1n) is 19.7. The van der Waals surface area contributed by atoms with Gasteiger partial charge in [0, 0.05) is 50.1 Å². The number of rotatable bonds is 6. The molecule has 6 nitrogen and oxygen atoms in total. The number of hydrogen-bond donors (Lipinski definition) is 1. The third kappa shape index (κ3) is 7.91. The van der Waals surface area contributed by atoms with Gasteiger partial charge in [0.15, 0.2) is 5.65 Å². The number of aromatic hydroxyl groups is 1.